The molecule has 1 aromatic rings. The third kappa shape index (κ3) is 3.20. The van der Waals surface area contributed by atoms with Gasteiger partial charge in [0.15, 0.2) is 5.11 Å². The molecule has 4 heteroatoms. The van der Waals surface area contributed by atoms with Crippen molar-refractivity contribution < 1.29 is 0 Å². The first kappa shape index (κ1) is 10.3. The van der Waals surface area contributed by atoms with Gasteiger partial charge in [-0.1, -0.05) is 23.7 Å². The Morgan fingerprint density at radius 1 is 1.46 bits per heavy atom. The minimum absolute atomic E-state index is 0.398. The summed E-state index contributed by atoms with van der Waals surface area (Å²) in [5.74, 6) is 0. The number of benzene rings is 1. The van der Waals surface area contributed by atoms with Gasteiger partial charge in [-0.05, 0) is 29.9 Å². The molecule has 0 radical (unpaired) electrons. The predicted octanol–water partition coefficient (Wildman–Crippen LogP) is 2.02. The van der Waals surface area contributed by atoms with Gasteiger partial charge in [-0.25, -0.2) is 0 Å². The molecule has 0 amide bonds. The van der Waals surface area contributed by atoms with Gasteiger partial charge in [0.1, 0.15) is 0 Å². The fourth-order valence-electron chi connectivity index (χ4n) is 0.942. The Kier molecular flexibility index (Phi) is 3.51. The van der Waals surface area contributed by atoms with E-state index in [9.17, 15) is 0 Å². The highest BCUT2D eigenvalue weighted by Crippen LogP contribution is 2.10. The summed E-state index contributed by atoms with van der Waals surface area (Å²) >= 11 is 10.6. The Bertz CT molecular complexity index is 297. The molecule has 0 fully saturated rings. The van der Waals surface area contributed by atoms with E-state index in [1.54, 1.807) is 4.90 Å². The fraction of sp³-hybridized carbons (Fsp3) is 0.222. The first-order chi connectivity index (χ1) is 6.09. The predicted molar refractivity (Wildman–Crippen MR) is 59.7 cm³/mol. The van der Waals surface area contributed by atoms with E-state index >= 15 is 0 Å². The summed E-state index contributed by atoms with van der Waals surface area (Å²) in [4.78, 5) is 1.80. The first-order valence-corrected chi connectivity index (χ1v) is 4.63. The van der Waals surface area contributed by atoms with Crippen LogP contribution in [-0.4, -0.2) is 17.1 Å². The number of thiocarbonyl (C=S) groups is 1. The van der Waals surface area contributed by atoms with E-state index in [-0.39, 0.29) is 0 Å². The average molecular weight is 215 g/mol. The molecular weight excluding hydrogens is 204 g/mol. The van der Waals surface area contributed by atoms with Crippen LogP contribution in [0.4, 0.5) is 0 Å². The van der Waals surface area contributed by atoms with E-state index in [0.717, 1.165) is 10.6 Å². The number of nitrogens with zero attached hydrogens (tertiary/aromatic N) is 1. The second-order valence-corrected chi connectivity index (χ2v) is 3.68. The van der Waals surface area contributed by atoms with Gasteiger partial charge in [0.2, 0.25) is 0 Å². The molecule has 0 aliphatic heterocycles. The van der Waals surface area contributed by atoms with Crippen LogP contribution in [0.15, 0.2) is 24.3 Å². The normalized spacial score (nSPS) is 9.69. The molecule has 2 nitrogen and oxygen atoms in total. The van der Waals surface area contributed by atoms with Crippen molar-refractivity contribution in [3.05, 3.63) is 34.9 Å². The van der Waals surface area contributed by atoms with Crippen molar-refractivity contribution in [1.29, 1.82) is 0 Å². The van der Waals surface area contributed by atoms with Gasteiger partial charge >= 0.3 is 0 Å². The Hall–Kier alpha value is -0.800. The number of hydrogen-bond acceptors (Lipinski definition) is 1. The van der Waals surface area contributed by atoms with Crippen molar-refractivity contribution in [3.8, 4) is 0 Å². The van der Waals surface area contributed by atoms with E-state index in [1.807, 2.05) is 31.3 Å². The Balaban J connectivity index is 2.64. The quantitative estimate of drug-likeness (QED) is 0.764. The zero-order chi connectivity index (χ0) is 9.84. The summed E-state index contributed by atoms with van der Waals surface area (Å²) in [6.45, 7) is 0.715. The van der Waals surface area contributed by atoms with Crippen molar-refractivity contribution in [2.45, 2.75) is 6.54 Å². The zero-order valence-electron chi connectivity index (χ0n) is 7.33. The summed E-state index contributed by atoms with van der Waals surface area (Å²) in [7, 11) is 1.86. The molecule has 1 aromatic carbocycles. The van der Waals surface area contributed by atoms with Gasteiger partial charge in [0, 0.05) is 18.6 Å². The van der Waals surface area contributed by atoms with Gasteiger partial charge in [0.25, 0.3) is 0 Å². The van der Waals surface area contributed by atoms with E-state index in [1.165, 1.54) is 0 Å². The molecule has 0 bridgehead atoms. The van der Waals surface area contributed by atoms with Crippen LogP contribution in [0.3, 0.4) is 0 Å². The second-order valence-electron chi connectivity index (χ2n) is 2.82. The highest BCUT2D eigenvalue weighted by molar-refractivity contribution is 7.80. The van der Waals surface area contributed by atoms with Crippen LogP contribution in [0.5, 0.6) is 0 Å². The number of nitrogens with two attached hydrogens (primary N) is 1. The van der Waals surface area contributed by atoms with Crippen molar-refractivity contribution in [2.75, 3.05) is 7.05 Å². The molecule has 0 saturated heterocycles. The van der Waals surface area contributed by atoms with Crippen LogP contribution in [0, 0.1) is 0 Å². The number of rotatable bonds is 2. The monoisotopic (exact) mass is 214 g/mol. The smallest absolute Gasteiger partial charge is 0.166 e. The summed E-state index contributed by atoms with van der Waals surface area (Å²) < 4.78 is 0. The minimum atomic E-state index is 0.398. The van der Waals surface area contributed by atoms with E-state index in [2.05, 4.69) is 0 Å². The molecule has 1 rings (SSSR count). The highest BCUT2D eigenvalue weighted by Gasteiger charge is 2.00. The van der Waals surface area contributed by atoms with Crippen LogP contribution in [0.1, 0.15) is 5.56 Å². The summed E-state index contributed by atoms with van der Waals surface area (Å²) in [6.07, 6.45) is 0. The van der Waals surface area contributed by atoms with E-state index < -0.39 is 0 Å². The lowest BCUT2D eigenvalue weighted by Gasteiger charge is -2.16. The van der Waals surface area contributed by atoms with Gasteiger partial charge < -0.3 is 10.6 Å². The molecule has 0 heterocycles. The lowest BCUT2D eigenvalue weighted by molar-refractivity contribution is 0.504. The van der Waals surface area contributed by atoms with Crippen LogP contribution >= 0.6 is 23.8 Å². The summed E-state index contributed by atoms with van der Waals surface area (Å²) in [5.41, 5.74) is 6.58. The fourth-order valence-corrected chi connectivity index (χ4v) is 1.13. The van der Waals surface area contributed by atoms with E-state index in [0.29, 0.717) is 11.7 Å². The maximum absolute atomic E-state index is 5.75. The van der Waals surface area contributed by atoms with Crippen molar-refractivity contribution in [1.82, 2.24) is 4.90 Å². The molecule has 70 valence electrons. The maximum Gasteiger partial charge on any atom is 0.166 e. The molecule has 0 aliphatic carbocycles. The molecular formula is C9H11ClN2S. The largest absolute Gasteiger partial charge is 0.376 e. The summed E-state index contributed by atoms with van der Waals surface area (Å²) in [5, 5.41) is 1.14. The van der Waals surface area contributed by atoms with Crippen molar-refractivity contribution in [2.24, 2.45) is 5.73 Å². The summed E-state index contributed by atoms with van der Waals surface area (Å²) in [6, 6.07) is 7.61. The number of hydrogen-bond donors (Lipinski definition) is 1. The molecule has 0 aromatic heterocycles. The zero-order valence-corrected chi connectivity index (χ0v) is 8.90. The van der Waals surface area contributed by atoms with Crippen LogP contribution in [-0.2, 0) is 6.54 Å². The molecule has 0 saturated carbocycles. The van der Waals surface area contributed by atoms with Gasteiger partial charge in [0.05, 0.1) is 0 Å². The molecule has 13 heavy (non-hydrogen) atoms. The average Bonchev–Trinajstić information content (AvgIpc) is 2.08. The van der Waals surface area contributed by atoms with Crippen LogP contribution < -0.4 is 5.73 Å². The lowest BCUT2D eigenvalue weighted by Crippen LogP contribution is -2.31. The van der Waals surface area contributed by atoms with Crippen LogP contribution in [0.25, 0.3) is 0 Å². The number of halogens is 1. The molecule has 0 unspecified atom stereocenters. The van der Waals surface area contributed by atoms with Crippen molar-refractivity contribution in [3.63, 3.8) is 0 Å². The molecule has 0 spiro atoms. The first-order valence-electron chi connectivity index (χ1n) is 3.84. The third-order valence-electron chi connectivity index (χ3n) is 1.71. The maximum atomic E-state index is 5.75. The highest BCUT2D eigenvalue weighted by atomic mass is 35.5. The van der Waals surface area contributed by atoms with Gasteiger partial charge in [-0.15, -0.1) is 0 Å². The standard InChI is InChI=1S/C9H11ClN2S/c1-12(9(11)13)6-7-2-4-8(10)5-3-7/h2-5H,6H2,1H3,(H2,11,13). The Labute approximate surface area is 88.3 Å². The molecule has 0 aliphatic rings. The lowest BCUT2D eigenvalue weighted by atomic mass is 10.2. The Morgan fingerprint density at radius 2 is 2.00 bits per heavy atom. The minimum Gasteiger partial charge on any atom is -0.376 e. The molecule has 0 atom stereocenters. The topological polar surface area (TPSA) is 29.3 Å². The van der Waals surface area contributed by atoms with Crippen molar-refractivity contribution >= 4 is 28.9 Å². The molecule has 2 N–H and O–H groups in total. The van der Waals surface area contributed by atoms with Gasteiger partial charge in [-0.2, -0.15) is 0 Å². The SMILES string of the molecule is CN(Cc1ccc(Cl)cc1)C(N)=S. The van der Waals surface area contributed by atoms with Crippen LogP contribution in [0.2, 0.25) is 5.02 Å². The second kappa shape index (κ2) is 4.44. The third-order valence-corrected chi connectivity index (χ3v) is 2.27. The van der Waals surface area contributed by atoms with E-state index in [4.69, 9.17) is 29.6 Å². The van der Waals surface area contributed by atoms with Gasteiger partial charge in [-0.3, -0.25) is 0 Å². The Morgan fingerprint density at radius 3 is 2.46 bits per heavy atom.